The Bertz CT molecular complexity index is 718. The molecule has 0 atom stereocenters. The lowest BCUT2D eigenvalue weighted by atomic mass is 10.1. The zero-order valence-electron chi connectivity index (χ0n) is 14.6. The number of carbonyl (C=O) groups is 1. The monoisotopic (exact) mass is 345 g/mol. The van der Waals surface area contributed by atoms with E-state index in [0.717, 1.165) is 35.7 Å². The van der Waals surface area contributed by atoms with E-state index in [-0.39, 0.29) is 12.5 Å². The van der Waals surface area contributed by atoms with E-state index in [1.54, 1.807) is 18.1 Å². The number of aromatic nitrogens is 5. The van der Waals surface area contributed by atoms with Gasteiger partial charge in [-0.25, -0.2) is 19.6 Å². The van der Waals surface area contributed by atoms with Gasteiger partial charge in [0.2, 0.25) is 5.91 Å². The van der Waals surface area contributed by atoms with E-state index in [1.807, 2.05) is 11.8 Å². The van der Waals surface area contributed by atoms with Crippen LogP contribution in [0.4, 0.5) is 5.82 Å². The molecule has 3 rings (SSSR count). The van der Waals surface area contributed by atoms with Crippen molar-refractivity contribution in [2.24, 2.45) is 0 Å². The Morgan fingerprint density at radius 1 is 1.32 bits per heavy atom. The first-order valence-electron chi connectivity index (χ1n) is 8.36. The van der Waals surface area contributed by atoms with E-state index in [2.05, 4.69) is 25.4 Å². The minimum absolute atomic E-state index is 0.0388. The molecule has 0 saturated carbocycles. The molecule has 134 valence electrons. The van der Waals surface area contributed by atoms with Gasteiger partial charge in [-0.2, -0.15) is 5.10 Å². The van der Waals surface area contributed by atoms with Crippen molar-refractivity contribution in [1.29, 1.82) is 0 Å². The maximum Gasteiger partial charge on any atom is 0.244 e. The summed E-state index contributed by atoms with van der Waals surface area (Å²) in [5, 5.41) is 7.32. The van der Waals surface area contributed by atoms with E-state index in [0.29, 0.717) is 26.2 Å². The fourth-order valence-electron chi connectivity index (χ4n) is 2.94. The van der Waals surface area contributed by atoms with Gasteiger partial charge in [0.15, 0.2) is 0 Å². The first-order valence-corrected chi connectivity index (χ1v) is 8.36. The van der Waals surface area contributed by atoms with Gasteiger partial charge in [-0.05, 0) is 13.3 Å². The number of rotatable bonds is 6. The fourth-order valence-corrected chi connectivity index (χ4v) is 2.94. The summed E-state index contributed by atoms with van der Waals surface area (Å²) < 4.78 is 6.63. The molecule has 9 heteroatoms. The molecule has 1 amide bonds. The van der Waals surface area contributed by atoms with Crippen molar-refractivity contribution in [2.75, 3.05) is 38.7 Å². The first kappa shape index (κ1) is 17.3. The lowest BCUT2D eigenvalue weighted by Gasteiger charge is -2.19. The highest BCUT2D eigenvalue weighted by Crippen LogP contribution is 2.21. The first-order chi connectivity index (χ1) is 12.2. The summed E-state index contributed by atoms with van der Waals surface area (Å²) in [6, 6.07) is 0. The number of methoxy groups -OCH3 is 1. The summed E-state index contributed by atoms with van der Waals surface area (Å²) in [5.74, 6) is 1.63. The molecule has 0 radical (unpaired) electrons. The molecule has 0 unspecified atom stereocenters. The van der Waals surface area contributed by atoms with Crippen LogP contribution in [0, 0.1) is 6.92 Å². The highest BCUT2D eigenvalue weighted by molar-refractivity contribution is 5.76. The van der Waals surface area contributed by atoms with Gasteiger partial charge in [-0.15, -0.1) is 0 Å². The largest absolute Gasteiger partial charge is 0.383 e. The molecule has 3 heterocycles. The molecule has 0 aromatic carbocycles. The highest BCUT2D eigenvalue weighted by Gasteiger charge is 2.22. The number of hydrogen-bond acceptors (Lipinski definition) is 7. The van der Waals surface area contributed by atoms with Crippen LogP contribution in [-0.4, -0.2) is 68.9 Å². The van der Waals surface area contributed by atoms with E-state index in [1.165, 1.54) is 6.33 Å². The smallest absolute Gasteiger partial charge is 0.244 e. The van der Waals surface area contributed by atoms with Crippen LogP contribution in [0.15, 0.2) is 12.7 Å². The van der Waals surface area contributed by atoms with Crippen LogP contribution in [0.1, 0.15) is 17.1 Å². The molecular formula is C16H23N7O2. The normalized spacial score (nSPS) is 14.1. The molecule has 0 saturated heterocycles. The van der Waals surface area contributed by atoms with Crippen LogP contribution < -0.4 is 5.32 Å². The Morgan fingerprint density at radius 3 is 2.92 bits per heavy atom. The Kier molecular flexibility index (Phi) is 5.54. The summed E-state index contributed by atoms with van der Waals surface area (Å²) in [6.45, 7) is 4.69. The minimum atomic E-state index is 0.0388. The molecule has 25 heavy (non-hydrogen) atoms. The quantitative estimate of drug-likeness (QED) is 0.739. The summed E-state index contributed by atoms with van der Waals surface area (Å²) in [5.41, 5.74) is 2.11. The Balaban J connectivity index is 1.70. The van der Waals surface area contributed by atoms with Gasteiger partial charge in [-0.3, -0.25) is 4.79 Å². The predicted molar refractivity (Wildman–Crippen MR) is 91.1 cm³/mol. The molecule has 0 aliphatic carbocycles. The van der Waals surface area contributed by atoms with Crippen LogP contribution in [0.25, 0.3) is 0 Å². The van der Waals surface area contributed by atoms with Crippen molar-refractivity contribution in [2.45, 2.75) is 26.3 Å². The van der Waals surface area contributed by atoms with E-state index in [9.17, 15) is 4.79 Å². The zero-order chi connectivity index (χ0) is 17.6. The third kappa shape index (κ3) is 4.30. The SMILES string of the molecule is COCCNc1nc(C)nc2c1CCN(C(=O)Cn1cncn1)CC2. The molecule has 2 aromatic heterocycles. The van der Waals surface area contributed by atoms with Gasteiger partial charge in [0, 0.05) is 38.7 Å². The van der Waals surface area contributed by atoms with Crippen LogP contribution >= 0.6 is 0 Å². The van der Waals surface area contributed by atoms with Gasteiger partial charge in [0.05, 0.1) is 12.3 Å². The van der Waals surface area contributed by atoms with Crippen molar-refractivity contribution >= 4 is 11.7 Å². The van der Waals surface area contributed by atoms with Crippen LogP contribution in [0.5, 0.6) is 0 Å². The standard InChI is InChI=1S/C16H23N7O2/c1-12-20-14-4-7-22(15(24)9-23-11-17-10-19-23)6-3-13(14)16(21-12)18-5-8-25-2/h10-11H,3-9H2,1-2H3,(H,18,20,21). The molecule has 1 N–H and O–H groups in total. The summed E-state index contributed by atoms with van der Waals surface area (Å²) in [7, 11) is 1.67. The summed E-state index contributed by atoms with van der Waals surface area (Å²) >= 11 is 0. The topological polar surface area (TPSA) is 98.1 Å². The molecule has 0 spiro atoms. The van der Waals surface area contributed by atoms with Crippen molar-refractivity contribution < 1.29 is 9.53 Å². The molecule has 0 fully saturated rings. The third-order valence-corrected chi connectivity index (χ3v) is 4.17. The number of aryl methyl sites for hydroxylation is 1. The number of hydrogen-bond donors (Lipinski definition) is 1. The molecular weight excluding hydrogens is 322 g/mol. The summed E-state index contributed by atoms with van der Waals surface area (Å²) in [4.78, 5) is 27.3. The van der Waals surface area contributed by atoms with Crippen LogP contribution in [-0.2, 0) is 28.9 Å². The van der Waals surface area contributed by atoms with Crippen molar-refractivity contribution in [3.63, 3.8) is 0 Å². The van der Waals surface area contributed by atoms with Crippen molar-refractivity contribution in [3.8, 4) is 0 Å². The second kappa shape index (κ2) is 8.02. The molecule has 9 nitrogen and oxygen atoms in total. The number of nitrogens with zero attached hydrogens (tertiary/aromatic N) is 6. The number of fused-ring (bicyclic) bond motifs is 1. The number of carbonyl (C=O) groups excluding carboxylic acids is 1. The Hall–Kier alpha value is -2.55. The number of anilines is 1. The van der Waals surface area contributed by atoms with Gasteiger partial charge in [0.1, 0.15) is 30.8 Å². The van der Waals surface area contributed by atoms with E-state index < -0.39 is 0 Å². The zero-order valence-corrected chi connectivity index (χ0v) is 14.6. The van der Waals surface area contributed by atoms with Crippen molar-refractivity contribution in [3.05, 3.63) is 29.7 Å². The second-order valence-corrected chi connectivity index (χ2v) is 5.94. The number of ether oxygens (including phenoxy) is 1. The van der Waals surface area contributed by atoms with Gasteiger partial charge in [0.25, 0.3) is 0 Å². The average Bonchev–Trinajstić information content (AvgIpc) is 2.99. The number of amides is 1. The molecule has 0 bridgehead atoms. The predicted octanol–water partition coefficient (Wildman–Crippen LogP) is 0.0622. The third-order valence-electron chi connectivity index (χ3n) is 4.17. The Morgan fingerprint density at radius 2 is 2.16 bits per heavy atom. The Labute approximate surface area is 146 Å². The highest BCUT2D eigenvalue weighted by atomic mass is 16.5. The lowest BCUT2D eigenvalue weighted by molar-refractivity contribution is -0.131. The van der Waals surface area contributed by atoms with Crippen LogP contribution in [0.3, 0.4) is 0 Å². The lowest BCUT2D eigenvalue weighted by Crippen LogP contribution is -2.36. The molecule has 1 aliphatic rings. The molecule has 1 aliphatic heterocycles. The van der Waals surface area contributed by atoms with Crippen molar-refractivity contribution in [1.82, 2.24) is 29.6 Å². The number of nitrogens with one attached hydrogen (secondary N) is 1. The summed E-state index contributed by atoms with van der Waals surface area (Å²) in [6.07, 6.45) is 4.44. The molecule has 2 aromatic rings. The second-order valence-electron chi connectivity index (χ2n) is 5.94. The van der Waals surface area contributed by atoms with Crippen LogP contribution in [0.2, 0.25) is 0 Å². The minimum Gasteiger partial charge on any atom is -0.383 e. The van der Waals surface area contributed by atoms with Gasteiger partial charge >= 0.3 is 0 Å². The van der Waals surface area contributed by atoms with E-state index in [4.69, 9.17) is 4.74 Å². The maximum atomic E-state index is 12.5. The average molecular weight is 345 g/mol. The maximum absolute atomic E-state index is 12.5. The van der Waals surface area contributed by atoms with E-state index >= 15 is 0 Å². The van der Waals surface area contributed by atoms with Gasteiger partial charge in [-0.1, -0.05) is 0 Å². The fraction of sp³-hybridized carbons (Fsp3) is 0.562. The van der Waals surface area contributed by atoms with Gasteiger partial charge < -0.3 is 15.0 Å².